The molecule has 0 aliphatic heterocycles. The molecular formula is C15H24N4OS. The standard InChI is InChI=1S/C15H24N4OS/c1-9-10(2)18-14(19-11(9)3)21-8-6-12-5-4-7-15(12,17)13(16)20/h12H,4-8,17H2,1-3H3,(H2,16,20). The van der Waals surface area contributed by atoms with Crippen molar-refractivity contribution in [2.45, 2.75) is 57.1 Å². The number of amides is 1. The van der Waals surface area contributed by atoms with Gasteiger partial charge in [-0.05, 0) is 51.5 Å². The third kappa shape index (κ3) is 3.37. The molecule has 1 aliphatic carbocycles. The van der Waals surface area contributed by atoms with E-state index in [0.717, 1.165) is 47.1 Å². The second-order valence-electron chi connectivity index (χ2n) is 5.93. The summed E-state index contributed by atoms with van der Waals surface area (Å²) in [6.07, 6.45) is 3.54. The van der Waals surface area contributed by atoms with Gasteiger partial charge in [-0.2, -0.15) is 0 Å². The molecule has 6 heteroatoms. The Morgan fingerprint density at radius 1 is 1.33 bits per heavy atom. The van der Waals surface area contributed by atoms with Crippen LogP contribution in [0.2, 0.25) is 0 Å². The van der Waals surface area contributed by atoms with Crippen molar-refractivity contribution in [2.24, 2.45) is 17.4 Å². The predicted octanol–water partition coefficient (Wildman–Crippen LogP) is 1.87. The number of thioether (sulfide) groups is 1. The molecule has 1 aromatic heterocycles. The van der Waals surface area contributed by atoms with Crippen LogP contribution in [0.15, 0.2) is 5.16 Å². The van der Waals surface area contributed by atoms with E-state index in [1.165, 1.54) is 0 Å². The van der Waals surface area contributed by atoms with E-state index in [1.54, 1.807) is 11.8 Å². The lowest BCUT2D eigenvalue weighted by atomic mass is 9.85. The van der Waals surface area contributed by atoms with E-state index >= 15 is 0 Å². The van der Waals surface area contributed by atoms with Crippen molar-refractivity contribution in [1.29, 1.82) is 0 Å². The molecule has 0 spiro atoms. The molecule has 1 saturated carbocycles. The van der Waals surface area contributed by atoms with E-state index < -0.39 is 5.54 Å². The van der Waals surface area contributed by atoms with Crippen LogP contribution in [0.5, 0.6) is 0 Å². The number of aryl methyl sites for hydroxylation is 2. The van der Waals surface area contributed by atoms with Gasteiger partial charge in [0.2, 0.25) is 5.91 Å². The number of hydrogen-bond donors (Lipinski definition) is 2. The summed E-state index contributed by atoms with van der Waals surface area (Å²) in [7, 11) is 0. The molecule has 2 rings (SSSR count). The van der Waals surface area contributed by atoms with Gasteiger partial charge in [-0.25, -0.2) is 9.97 Å². The molecule has 1 heterocycles. The molecule has 1 amide bonds. The Morgan fingerprint density at radius 2 is 1.95 bits per heavy atom. The molecule has 21 heavy (non-hydrogen) atoms. The van der Waals surface area contributed by atoms with Crippen molar-refractivity contribution < 1.29 is 4.79 Å². The van der Waals surface area contributed by atoms with Crippen molar-refractivity contribution in [3.05, 3.63) is 17.0 Å². The molecule has 1 aliphatic rings. The predicted molar refractivity (Wildman–Crippen MR) is 85.0 cm³/mol. The van der Waals surface area contributed by atoms with Crippen LogP contribution in [0.25, 0.3) is 0 Å². The topological polar surface area (TPSA) is 94.9 Å². The normalized spacial score (nSPS) is 25.2. The minimum Gasteiger partial charge on any atom is -0.368 e. The van der Waals surface area contributed by atoms with Crippen molar-refractivity contribution in [3.8, 4) is 0 Å². The Morgan fingerprint density at radius 3 is 2.52 bits per heavy atom. The van der Waals surface area contributed by atoms with Gasteiger partial charge in [-0.1, -0.05) is 18.2 Å². The van der Waals surface area contributed by atoms with Crippen molar-refractivity contribution in [3.63, 3.8) is 0 Å². The molecule has 0 saturated heterocycles. The van der Waals surface area contributed by atoms with Gasteiger partial charge in [0.05, 0.1) is 5.54 Å². The highest BCUT2D eigenvalue weighted by Gasteiger charge is 2.43. The lowest BCUT2D eigenvalue weighted by molar-refractivity contribution is -0.124. The molecule has 1 fully saturated rings. The quantitative estimate of drug-likeness (QED) is 0.639. The average molecular weight is 308 g/mol. The highest BCUT2D eigenvalue weighted by atomic mass is 32.2. The Balaban J connectivity index is 1.94. The van der Waals surface area contributed by atoms with E-state index in [0.29, 0.717) is 6.42 Å². The monoisotopic (exact) mass is 308 g/mol. The molecule has 0 bridgehead atoms. The van der Waals surface area contributed by atoms with Gasteiger partial charge >= 0.3 is 0 Å². The van der Waals surface area contributed by atoms with Gasteiger partial charge in [-0.15, -0.1) is 0 Å². The Bertz CT molecular complexity index is 525. The number of nitrogens with two attached hydrogens (primary N) is 2. The third-order valence-corrected chi connectivity index (χ3v) is 5.52. The molecule has 5 nitrogen and oxygen atoms in total. The van der Waals surface area contributed by atoms with Gasteiger partial charge < -0.3 is 11.5 Å². The summed E-state index contributed by atoms with van der Waals surface area (Å²) in [5, 5.41) is 0.801. The van der Waals surface area contributed by atoms with Crippen LogP contribution in [0, 0.1) is 26.7 Å². The van der Waals surface area contributed by atoms with Gasteiger partial charge in [-0.3, -0.25) is 4.79 Å². The lowest BCUT2D eigenvalue weighted by Crippen LogP contribution is -2.54. The summed E-state index contributed by atoms with van der Waals surface area (Å²) < 4.78 is 0. The van der Waals surface area contributed by atoms with Crippen molar-refractivity contribution in [1.82, 2.24) is 9.97 Å². The Labute approximate surface area is 130 Å². The molecule has 0 aromatic carbocycles. The molecular weight excluding hydrogens is 284 g/mol. The zero-order chi connectivity index (χ0) is 15.6. The number of primary amides is 1. The number of nitrogens with zero attached hydrogens (tertiary/aromatic N) is 2. The van der Waals surface area contributed by atoms with Gasteiger partial charge in [0.25, 0.3) is 0 Å². The van der Waals surface area contributed by atoms with Gasteiger partial charge in [0.1, 0.15) is 0 Å². The Hall–Kier alpha value is -1.14. The largest absolute Gasteiger partial charge is 0.368 e. The third-order valence-electron chi connectivity index (χ3n) is 4.64. The smallest absolute Gasteiger partial charge is 0.237 e. The first kappa shape index (κ1) is 16.2. The minimum absolute atomic E-state index is 0.176. The summed E-state index contributed by atoms with van der Waals surface area (Å²) in [4.78, 5) is 20.6. The maximum absolute atomic E-state index is 11.6. The van der Waals surface area contributed by atoms with E-state index in [-0.39, 0.29) is 11.8 Å². The summed E-state index contributed by atoms with van der Waals surface area (Å²) in [5.41, 5.74) is 14.0. The van der Waals surface area contributed by atoms with E-state index in [9.17, 15) is 4.79 Å². The van der Waals surface area contributed by atoms with Crippen LogP contribution in [0.3, 0.4) is 0 Å². The van der Waals surface area contributed by atoms with Crippen LogP contribution in [-0.2, 0) is 4.79 Å². The molecule has 116 valence electrons. The first-order chi connectivity index (χ1) is 9.84. The highest BCUT2D eigenvalue weighted by Crippen LogP contribution is 2.37. The van der Waals surface area contributed by atoms with E-state index in [1.807, 2.05) is 20.8 Å². The van der Waals surface area contributed by atoms with Crippen LogP contribution < -0.4 is 11.5 Å². The summed E-state index contributed by atoms with van der Waals surface area (Å²) in [6, 6.07) is 0. The summed E-state index contributed by atoms with van der Waals surface area (Å²) in [6.45, 7) is 6.04. The fraction of sp³-hybridized carbons (Fsp3) is 0.667. The highest BCUT2D eigenvalue weighted by molar-refractivity contribution is 7.99. The number of rotatable bonds is 5. The van der Waals surface area contributed by atoms with E-state index in [2.05, 4.69) is 9.97 Å². The maximum atomic E-state index is 11.6. The lowest BCUT2D eigenvalue weighted by Gasteiger charge is -2.27. The van der Waals surface area contributed by atoms with E-state index in [4.69, 9.17) is 11.5 Å². The number of hydrogen-bond acceptors (Lipinski definition) is 5. The van der Waals surface area contributed by atoms with Gasteiger partial charge in [0, 0.05) is 17.1 Å². The Kier molecular flexibility index (Phi) is 4.88. The summed E-state index contributed by atoms with van der Waals surface area (Å²) >= 11 is 1.63. The van der Waals surface area contributed by atoms with Crippen molar-refractivity contribution >= 4 is 17.7 Å². The average Bonchev–Trinajstić information content (AvgIpc) is 2.79. The summed E-state index contributed by atoms with van der Waals surface area (Å²) in [5.74, 6) is 0.669. The molecule has 4 N–H and O–H groups in total. The zero-order valence-corrected chi connectivity index (χ0v) is 13.8. The second kappa shape index (κ2) is 6.32. The fourth-order valence-corrected chi connectivity index (χ4v) is 3.92. The van der Waals surface area contributed by atoms with Crippen LogP contribution in [0.4, 0.5) is 0 Å². The molecule has 2 atom stereocenters. The van der Waals surface area contributed by atoms with Crippen LogP contribution in [-0.4, -0.2) is 27.2 Å². The fourth-order valence-electron chi connectivity index (χ4n) is 2.93. The zero-order valence-electron chi connectivity index (χ0n) is 13.0. The maximum Gasteiger partial charge on any atom is 0.237 e. The molecule has 0 radical (unpaired) electrons. The first-order valence-corrected chi connectivity index (χ1v) is 8.36. The van der Waals surface area contributed by atoms with Crippen LogP contribution >= 0.6 is 11.8 Å². The molecule has 1 aromatic rings. The van der Waals surface area contributed by atoms with Crippen LogP contribution in [0.1, 0.15) is 42.6 Å². The molecule has 2 unspecified atom stereocenters. The minimum atomic E-state index is -0.819. The van der Waals surface area contributed by atoms with Gasteiger partial charge in [0.15, 0.2) is 5.16 Å². The first-order valence-electron chi connectivity index (χ1n) is 7.38. The van der Waals surface area contributed by atoms with Crippen molar-refractivity contribution in [2.75, 3.05) is 5.75 Å². The SMILES string of the molecule is Cc1nc(SCCC2CCCC2(N)C(N)=O)nc(C)c1C. The second-order valence-corrected chi connectivity index (χ2v) is 6.99. The number of aromatic nitrogens is 2. The number of carbonyl (C=O) groups excluding carboxylic acids is 1. The number of carbonyl (C=O) groups is 1.